The normalized spacial score (nSPS) is 35.1. The van der Waals surface area contributed by atoms with Crippen molar-refractivity contribution < 1.29 is 14.6 Å². The molecule has 0 bridgehead atoms. The van der Waals surface area contributed by atoms with Gasteiger partial charge in [-0.3, -0.25) is 0 Å². The number of aliphatic hydroxyl groups is 1. The molecule has 98 valence electrons. The SMILES string of the molecule is CC1CCC(C2C[C@H](O)c3cc(Cl)ccc3O2)O1. The van der Waals surface area contributed by atoms with E-state index < -0.39 is 6.10 Å². The lowest BCUT2D eigenvalue weighted by atomic mass is 9.95. The minimum atomic E-state index is -0.517. The summed E-state index contributed by atoms with van der Waals surface area (Å²) in [5.74, 6) is 0.728. The highest BCUT2D eigenvalue weighted by Gasteiger charge is 2.36. The first-order valence-corrected chi connectivity index (χ1v) is 6.81. The molecule has 1 aromatic rings. The maximum absolute atomic E-state index is 10.2. The Morgan fingerprint density at radius 1 is 1.28 bits per heavy atom. The van der Waals surface area contributed by atoms with E-state index in [1.807, 2.05) is 6.07 Å². The Bertz CT molecular complexity index is 449. The van der Waals surface area contributed by atoms with Gasteiger partial charge in [-0.05, 0) is 38.0 Å². The highest BCUT2D eigenvalue weighted by atomic mass is 35.5. The molecule has 2 aliphatic rings. The predicted molar refractivity (Wildman–Crippen MR) is 69.0 cm³/mol. The molecule has 0 aromatic heterocycles. The first-order chi connectivity index (χ1) is 8.63. The molecule has 1 N–H and O–H groups in total. The Kier molecular flexibility index (Phi) is 3.22. The van der Waals surface area contributed by atoms with E-state index in [0.29, 0.717) is 17.5 Å². The number of aliphatic hydroxyl groups excluding tert-OH is 1. The molecule has 3 rings (SSSR count). The number of ether oxygens (including phenoxy) is 2. The fraction of sp³-hybridized carbons (Fsp3) is 0.571. The molecule has 0 saturated carbocycles. The van der Waals surface area contributed by atoms with Gasteiger partial charge < -0.3 is 14.6 Å². The van der Waals surface area contributed by atoms with Gasteiger partial charge in [0.25, 0.3) is 0 Å². The maximum atomic E-state index is 10.2. The monoisotopic (exact) mass is 268 g/mol. The van der Waals surface area contributed by atoms with E-state index in [9.17, 15) is 5.11 Å². The lowest BCUT2D eigenvalue weighted by Crippen LogP contribution is -2.36. The summed E-state index contributed by atoms with van der Waals surface area (Å²) in [5.41, 5.74) is 0.782. The van der Waals surface area contributed by atoms with Gasteiger partial charge in [-0.15, -0.1) is 0 Å². The zero-order valence-electron chi connectivity index (χ0n) is 10.3. The zero-order chi connectivity index (χ0) is 12.7. The molecule has 2 aliphatic heterocycles. The van der Waals surface area contributed by atoms with Crippen LogP contribution < -0.4 is 4.74 Å². The molecule has 3 nitrogen and oxygen atoms in total. The first-order valence-electron chi connectivity index (χ1n) is 6.43. The summed E-state index contributed by atoms with van der Waals surface area (Å²) in [7, 11) is 0. The number of hydrogen-bond acceptors (Lipinski definition) is 3. The van der Waals surface area contributed by atoms with Gasteiger partial charge in [-0.25, -0.2) is 0 Å². The van der Waals surface area contributed by atoms with Crippen LogP contribution in [0.5, 0.6) is 5.75 Å². The van der Waals surface area contributed by atoms with E-state index in [4.69, 9.17) is 21.1 Å². The van der Waals surface area contributed by atoms with Gasteiger partial charge in [-0.2, -0.15) is 0 Å². The molecule has 3 unspecified atom stereocenters. The van der Waals surface area contributed by atoms with Gasteiger partial charge in [-0.1, -0.05) is 11.6 Å². The van der Waals surface area contributed by atoms with E-state index in [-0.39, 0.29) is 12.2 Å². The number of fused-ring (bicyclic) bond motifs is 1. The molecule has 4 atom stereocenters. The molecular weight excluding hydrogens is 252 g/mol. The number of hydrogen-bond donors (Lipinski definition) is 1. The second-order valence-corrected chi connectivity index (χ2v) is 5.59. The van der Waals surface area contributed by atoms with Crippen molar-refractivity contribution in [3.63, 3.8) is 0 Å². The van der Waals surface area contributed by atoms with Crippen molar-refractivity contribution in [2.24, 2.45) is 0 Å². The smallest absolute Gasteiger partial charge is 0.128 e. The molecule has 4 heteroatoms. The van der Waals surface area contributed by atoms with E-state index >= 15 is 0 Å². The van der Waals surface area contributed by atoms with Crippen molar-refractivity contribution in [2.45, 2.75) is 50.6 Å². The van der Waals surface area contributed by atoms with E-state index in [2.05, 4.69) is 6.92 Å². The van der Waals surface area contributed by atoms with Crippen LogP contribution in [0.3, 0.4) is 0 Å². The van der Waals surface area contributed by atoms with Gasteiger partial charge in [0.05, 0.1) is 18.3 Å². The number of rotatable bonds is 1. The highest BCUT2D eigenvalue weighted by molar-refractivity contribution is 6.30. The van der Waals surface area contributed by atoms with Crippen LogP contribution in [0.25, 0.3) is 0 Å². The van der Waals surface area contributed by atoms with Crippen LogP contribution in [0.4, 0.5) is 0 Å². The first kappa shape index (κ1) is 12.3. The molecule has 2 heterocycles. The van der Waals surface area contributed by atoms with Crippen LogP contribution in [0.2, 0.25) is 5.02 Å². The Balaban J connectivity index is 1.81. The van der Waals surface area contributed by atoms with Crippen molar-refractivity contribution in [3.8, 4) is 5.75 Å². The van der Waals surface area contributed by atoms with Crippen molar-refractivity contribution in [2.75, 3.05) is 0 Å². The average molecular weight is 269 g/mol. The summed E-state index contributed by atoms with van der Waals surface area (Å²) in [5, 5.41) is 10.8. The molecule has 0 aliphatic carbocycles. The topological polar surface area (TPSA) is 38.7 Å². The lowest BCUT2D eigenvalue weighted by Gasteiger charge is -2.32. The van der Waals surface area contributed by atoms with E-state index in [1.54, 1.807) is 12.1 Å². The van der Waals surface area contributed by atoms with Gasteiger partial charge in [0.15, 0.2) is 0 Å². The van der Waals surface area contributed by atoms with Crippen molar-refractivity contribution in [1.29, 1.82) is 0 Å². The summed E-state index contributed by atoms with van der Waals surface area (Å²) < 4.78 is 11.8. The number of halogens is 1. The second kappa shape index (κ2) is 4.72. The van der Waals surface area contributed by atoms with Gasteiger partial charge in [0.1, 0.15) is 11.9 Å². The average Bonchev–Trinajstić information content (AvgIpc) is 2.77. The summed E-state index contributed by atoms with van der Waals surface area (Å²) >= 11 is 5.93. The zero-order valence-corrected chi connectivity index (χ0v) is 11.1. The highest BCUT2D eigenvalue weighted by Crippen LogP contribution is 2.39. The largest absolute Gasteiger partial charge is 0.487 e. The predicted octanol–water partition coefficient (Wildman–Crippen LogP) is 3.09. The summed E-state index contributed by atoms with van der Waals surface area (Å²) in [6, 6.07) is 5.38. The van der Waals surface area contributed by atoms with Crippen LogP contribution in [0, 0.1) is 0 Å². The third kappa shape index (κ3) is 2.22. The molecule has 18 heavy (non-hydrogen) atoms. The molecule has 0 spiro atoms. The molecular formula is C14H17ClO3. The third-order valence-corrected chi connectivity index (χ3v) is 3.98. The minimum Gasteiger partial charge on any atom is -0.487 e. The summed E-state index contributed by atoms with van der Waals surface area (Å²) in [6.07, 6.45) is 2.46. The Morgan fingerprint density at radius 3 is 2.83 bits per heavy atom. The fourth-order valence-corrected chi connectivity index (χ4v) is 2.96. The quantitative estimate of drug-likeness (QED) is 0.851. The summed E-state index contributed by atoms with van der Waals surface area (Å²) in [6.45, 7) is 2.08. The molecule has 1 fully saturated rings. The van der Waals surface area contributed by atoms with E-state index in [0.717, 1.165) is 24.2 Å². The fourth-order valence-electron chi connectivity index (χ4n) is 2.78. The van der Waals surface area contributed by atoms with Gasteiger partial charge in [0, 0.05) is 17.0 Å². The molecule has 1 saturated heterocycles. The van der Waals surface area contributed by atoms with Crippen LogP contribution in [-0.2, 0) is 4.74 Å². The Labute approximate surface area is 112 Å². The van der Waals surface area contributed by atoms with Crippen molar-refractivity contribution in [3.05, 3.63) is 28.8 Å². The van der Waals surface area contributed by atoms with Crippen molar-refractivity contribution in [1.82, 2.24) is 0 Å². The summed E-state index contributed by atoms with van der Waals surface area (Å²) in [4.78, 5) is 0. The van der Waals surface area contributed by atoms with Gasteiger partial charge >= 0.3 is 0 Å². The van der Waals surface area contributed by atoms with Crippen LogP contribution in [0.1, 0.15) is 37.9 Å². The minimum absolute atomic E-state index is 0.0568. The Hall–Kier alpha value is -0.770. The van der Waals surface area contributed by atoms with Crippen molar-refractivity contribution >= 4 is 11.6 Å². The molecule has 0 amide bonds. The van der Waals surface area contributed by atoms with Crippen LogP contribution in [0.15, 0.2) is 18.2 Å². The number of benzene rings is 1. The van der Waals surface area contributed by atoms with Crippen LogP contribution in [-0.4, -0.2) is 23.4 Å². The maximum Gasteiger partial charge on any atom is 0.128 e. The third-order valence-electron chi connectivity index (χ3n) is 3.74. The van der Waals surface area contributed by atoms with E-state index in [1.165, 1.54) is 0 Å². The Morgan fingerprint density at radius 2 is 2.11 bits per heavy atom. The molecule has 1 aromatic carbocycles. The molecule has 0 radical (unpaired) electrons. The second-order valence-electron chi connectivity index (χ2n) is 5.15. The van der Waals surface area contributed by atoms with Gasteiger partial charge in [0.2, 0.25) is 0 Å². The standard InChI is InChI=1S/C14H17ClO3/c1-8-2-4-13(17-8)14-7-11(16)10-6-9(15)3-5-12(10)18-14/h3,5-6,8,11,13-14,16H,2,4,7H2,1H3/t8?,11-,13?,14?/m0/s1. The van der Waals surface area contributed by atoms with Crippen LogP contribution >= 0.6 is 11.6 Å². The lowest BCUT2D eigenvalue weighted by molar-refractivity contribution is -0.0465.